The van der Waals surface area contributed by atoms with Gasteiger partial charge in [0.1, 0.15) is 5.52 Å². The third-order valence-electron chi connectivity index (χ3n) is 2.47. The Labute approximate surface area is 89.7 Å². The average Bonchev–Trinajstić information content (AvgIpc) is 2.56. The molecule has 1 aromatic carbocycles. The Morgan fingerprint density at radius 1 is 1.44 bits per heavy atom. The Bertz CT molecular complexity index is 600. The first-order chi connectivity index (χ1) is 7.52. The number of carbonyl (C=O) groups is 1. The van der Waals surface area contributed by atoms with Crippen LogP contribution in [-0.2, 0) is 0 Å². The highest BCUT2D eigenvalue weighted by atomic mass is 16.6. The van der Waals surface area contributed by atoms with Crippen LogP contribution in [0.25, 0.3) is 10.9 Å². The van der Waals surface area contributed by atoms with E-state index in [1.54, 1.807) is 13.0 Å². The van der Waals surface area contributed by atoms with Crippen LogP contribution in [0.1, 0.15) is 16.1 Å². The van der Waals surface area contributed by atoms with Crippen molar-refractivity contribution in [2.45, 2.75) is 6.92 Å². The van der Waals surface area contributed by atoms with E-state index in [1.165, 1.54) is 12.1 Å². The van der Waals surface area contributed by atoms with Crippen molar-refractivity contribution < 1.29 is 14.8 Å². The number of aryl methyl sites for hydroxylation is 1. The van der Waals surface area contributed by atoms with Crippen molar-refractivity contribution in [1.82, 2.24) is 4.98 Å². The van der Waals surface area contributed by atoms with Gasteiger partial charge in [-0.25, -0.2) is 0 Å². The maximum Gasteiger partial charge on any atom is 0.293 e. The van der Waals surface area contributed by atoms with Crippen molar-refractivity contribution in [1.29, 1.82) is 0 Å². The zero-order valence-corrected chi connectivity index (χ0v) is 8.31. The van der Waals surface area contributed by atoms with Gasteiger partial charge in [-0.2, -0.15) is 0 Å². The first-order valence-corrected chi connectivity index (χ1v) is 4.49. The summed E-state index contributed by atoms with van der Waals surface area (Å²) in [6.07, 6.45) is 0. The molecule has 0 bridgehead atoms. The van der Waals surface area contributed by atoms with Crippen molar-refractivity contribution in [3.05, 3.63) is 39.6 Å². The van der Waals surface area contributed by atoms with Crippen molar-refractivity contribution in [3.63, 3.8) is 0 Å². The van der Waals surface area contributed by atoms with E-state index in [0.29, 0.717) is 10.9 Å². The van der Waals surface area contributed by atoms with Crippen molar-refractivity contribution in [2.24, 2.45) is 0 Å². The van der Waals surface area contributed by atoms with Crippen molar-refractivity contribution in [3.8, 4) is 0 Å². The fourth-order valence-corrected chi connectivity index (χ4v) is 1.69. The Kier molecular flexibility index (Phi) is 2.12. The first-order valence-electron chi connectivity index (χ1n) is 4.49. The molecule has 2 rings (SSSR count). The summed E-state index contributed by atoms with van der Waals surface area (Å²) < 4.78 is 0. The molecule has 1 heterocycles. The Morgan fingerprint density at radius 3 is 2.69 bits per heavy atom. The number of para-hydroxylation sites is 1. The van der Waals surface area contributed by atoms with Crippen LogP contribution in [0.15, 0.2) is 18.2 Å². The number of H-pyrrole nitrogens is 1. The molecule has 0 radical (unpaired) electrons. The summed E-state index contributed by atoms with van der Waals surface area (Å²) in [4.78, 5) is 23.4. The molecule has 0 spiro atoms. The van der Waals surface area contributed by atoms with Crippen LogP contribution in [0.3, 0.4) is 0 Å². The molecule has 82 valence electrons. The van der Waals surface area contributed by atoms with Crippen LogP contribution in [0, 0.1) is 17.0 Å². The highest BCUT2D eigenvalue weighted by Crippen LogP contribution is 2.28. The monoisotopic (exact) mass is 219 g/mol. The lowest BCUT2D eigenvalue weighted by atomic mass is 10.1. The second-order valence-electron chi connectivity index (χ2n) is 3.37. The Morgan fingerprint density at radius 2 is 2.12 bits per heavy atom. The van der Waals surface area contributed by atoms with E-state index in [1.807, 2.05) is 0 Å². The molecular weight excluding hydrogens is 212 g/mol. The average molecular weight is 219 g/mol. The summed E-state index contributed by atoms with van der Waals surface area (Å²) in [5.74, 6) is -1.37. The lowest BCUT2D eigenvalue weighted by Gasteiger charge is -1.98. The molecule has 0 fully saturated rings. The molecule has 0 saturated carbocycles. The third kappa shape index (κ3) is 1.31. The predicted molar refractivity (Wildman–Crippen MR) is 54.0 cm³/mol. The van der Waals surface area contributed by atoms with Crippen LogP contribution in [0.2, 0.25) is 0 Å². The molecular formula is C10H7N2O4-. The first kappa shape index (κ1) is 10.2. The molecule has 0 atom stereocenters. The molecule has 0 aliphatic carbocycles. The summed E-state index contributed by atoms with van der Waals surface area (Å²) >= 11 is 0. The van der Waals surface area contributed by atoms with Gasteiger partial charge in [0, 0.05) is 11.5 Å². The Hall–Kier alpha value is -2.37. The number of nitrogens with zero attached hydrogens (tertiary/aromatic N) is 1. The lowest BCUT2D eigenvalue weighted by Crippen LogP contribution is -2.23. The molecule has 0 saturated heterocycles. The summed E-state index contributed by atoms with van der Waals surface area (Å²) in [6.45, 7) is 1.58. The molecule has 1 N–H and O–H groups in total. The minimum Gasteiger partial charge on any atom is -0.543 e. The van der Waals surface area contributed by atoms with Gasteiger partial charge in [0.25, 0.3) is 5.69 Å². The molecule has 2 aromatic rings. The van der Waals surface area contributed by atoms with Gasteiger partial charge < -0.3 is 14.9 Å². The number of carbonyl (C=O) groups excluding carboxylic acids is 1. The van der Waals surface area contributed by atoms with Gasteiger partial charge in [-0.1, -0.05) is 12.1 Å². The summed E-state index contributed by atoms with van der Waals surface area (Å²) in [6, 6.07) is 4.46. The zero-order valence-electron chi connectivity index (χ0n) is 8.31. The van der Waals surface area contributed by atoms with Crippen molar-refractivity contribution >= 4 is 22.6 Å². The van der Waals surface area contributed by atoms with E-state index >= 15 is 0 Å². The fraction of sp³-hybridized carbons (Fsp3) is 0.100. The molecule has 16 heavy (non-hydrogen) atoms. The number of rotatable bonds is 2. The lowest BCUT2D eigenvalue weighted by molar-refractivity contribution is -0.383. The maximum atomic E-state index is 10.8. The quantitative estimate of drug-likeness (QED) is 0.594. The van der Waals surface area contributed by atoms with Gasteiger partial charge in [-0.05, 0) is 12.5 Å². The van der Waals surface area contributed by atoms with E-state index in [-0.39, 0.29) is 16.9 Å². The summed E-state index contributed by atoms with van der Waals surface area (Å²) in [5.41, 5.74) is 0.389. The number of carboxylic acids is 1. The topological polar surface area (TPSA) is 99.1 Å². The number of aromatic carboxylic acids is 1. The van der Waals surface area contributed by atoms with Crippen LogP contribution in [0.5, 0.6) is 0 Å². The molecule has 6 heteroatoms. The summed E-state index contributed by atoms with van der Waals surface area (Å²) in [7, 11) is 0. The number of aromatic amines is 1. The molecule has 6 nitrogen and oxygen atoms in total. The smallest absolute Gasteiger partial charge is 0.293 e. The normalized spacial score (nSPS) is 10.6. The van der Waals surface area contributed by atoms with Crippen LogP contribution >= 0.6 is 0 Å². The van der Waals surface area contributed by atoms with E-state index < -0.39 is 10.9 Å². The van der Waals surface area contributed by atoms with Gasteiger partial charge >= 0.3 is 0 Å². The highest BCUT2D eigenvalue weighted by Gasteiger charge is 2.17. The molecule has 0 amide bonds. The van der Waals surface area contributed by atoms with Gasteiger partial charge in [0.15, 0.2) is 0 Å². The highest BCUT2D eigenvalue weighted by molar-refractivity contribution is 5.99. The molecule has 0 aliphatic rings. The summed E-state index contributed by atoms with van der Waals surface area (Å²) in [5, 5.41) is 22.0. The number of nitrogens with one attached hydrogen (secondary N) is 1. The number of benzene rings is 1. The number of aromatic nitrogens is 1. The van der Waals surface area contributed by atoms with Gasteiger partial charge in [-0.3, -0.25) is 10.1 Å². The molecule has 0 aliphatic heterocycles. The van der Waals surface area contributed by atoms with Gasteiger partial charge in [-0.15, -0.1) is 0 Å². The van der Waals surface area contributed by atoms with E-state index in [0.717, 1.165) is 0 Å². The SMILES string of the molecule is Cc1c(C(=O)[O-])[nH]c2c([N+](=O)[O-])cccc12. The molecule has 0 unspecified atom stereocenters. The second-order valence-corrected chi connectivity index (χ2v) is 3.37. The maximum absolute atomic E-state index is 10.8. The second kappa shape index (κ2) is 3.34. The standard InChI is InChI=1S/C10H8N2O4/c1-5-6-3-2-4-7(12(15)16)9(6)11-8(5)10(13)14/h2-4,11H,1H3,(H,13,14)/p-1. The van der Waals surface area contributed by atoms with Crippen LogP contribution in [0.4, 0.5) is 5.69 Å². The number of nitro benzene ring substituents is 1. The van der Waals surface area contributed by atoms with E-state index in [4.69, 9.17) is 0 Å². The van der Waals surface area contributed by atoms with Crippen LogP contribution < -0.4 is 5.11 Å². The number of hydrogen-bond donors (Lipinski definition) is 1. The Balaban J connectivity index is 2.85. The number of nitro groups is 1. The largest absolute Gasteiger partial charge is 0.543 e. The van der Waals surface area contributed by atoms with Gasteiger partial charge in [0.2, 0.25) is 0 Å². The number of fused-ring (bicyclic) bond motifs is 1. The van der Waals surface area contributed by atoms with E-state index in [2.05, 4.69) is 4.98 Å². The predicted octanol–water partition coefficient (Wildman–Crippen LogP) is 0.748. The van der Waals surface area contributed by atoms with Gasteiger partial charge in [0.05, 0.1) is 16.6 Å². The number of carboxylic acid groups (broad SMARTS) is 1. The minimum absolute atomic E-state index is 0.121. The van der Waals surface area contributed by atoms with Crippen LogP contribution in [-0.4, -0.2) is 15.9 Å². The van der Waals surface area contributed by atoms with Crippen molar-refractivity contribution in [2.75, 3.05) is 0 Å². The third-order valence-corrected chi connectivity index (χ3v) is 2.47. The molecule has 1 aromatic heterocycles. The number of hydrogen-bond acceptors (Lipinski definition) is 4. The van der Waals surface area contributed by atoms with E-state index in [9.17, 15) is 20.0 Å². The minimum atomic E-state index is -1.37. The zero-order chi connectivity index (χ0) is 11.9. The fourth-order valence-electron chi connectivity index (χ4n) is 1.69. The number of non-ortho nitro benzene ring substituents is 1.